The number of nitrogens with two attached hydrogens (primary N) is 1. The molecule has 4 heteroatoms. The molecule has 14 heavy (non-hydrogen) atoms. The number of morpholine rings is 1. The SMILES string of the molecule is NCC1COCCN1c1ccncc1. The molecule has 76 valence electrons. The number of nitrogens with zero attached hydrogens (tertiary/aromatic N) is 2. The highest BCUT2D eigenvalue weighted by atomic mass is 16.5. The van der Waals surface area contributed by atoms with Gasteiger partial charge in [-0.25, -0.2) is 0 Å². The van der Waals surface area contributed by atoms with Crippen molar-refractivity contribution in [2.24, 2.45) is 5.73 Å². The average Bonchev–Trinajstić information content (AvgIpc) is 2.30. The van der Waals surface area contributed by atoms with Gasteiger partial charge >= 0.3 is 0 Å². The van der Waals surface area contributed by atoms with E-state index in [-0.39, 0.29) is 0 Å². The molecule has 0 aromatic carbocycles. The van der Waals surface area contributed by atoms with Gasteiger partial charge < -0.3 is 15.4 Å². The maximum atomic E-state index is 5.69. The number of hydrogen-bond donors (Lipinski definition) is 1. The Labute approximate surface area is 83.7 Å². The minimum Gasteiger partial charge on any atom is -0.377 e. The van der Waals surface area contributed by atoms with Crippen LogP contribution in [-0.4, -0.2) is 37.3 Å². The third-order valence-corrected chi connectivity index (χ3v) is 2.49. The molecule has 0 amide bonds. The van der Waals surface area contributed by atoms with Crippen molar-refractivity contribution in [1.82, 2.24) is 4.98 Å². The van der Waals surface area contributed by atoms with E-state index in [1.165, 1.54) is 5.69 Å². The lowest BCUT2D eigenvalue weighted by Gasteiger charge is -2.36. The topological polar surface area (TPSA) is 51.4 Å². The zero-order valence-electron chi connectivity index (χ0n) is 8.10. The van der Waals surface area contributed by atoms with Gasteiger partial charge in [0.05, 0.1) is 19.3 Å². The summed E-state index contributed by atoms with van der Waals surface area (Å²) in [5.74, 6) is 0. The fraction of sp³-hybridized carbons (Fsp3) is 0.500. The number of anilines is 1. The maximum Gasteiger partial charge on any atom is 0.0683 e. The minimum atomic E-state index is 0.297. The molecule has 1 aliphatic rings. The first kappa shape index (κ1) is 9.43. The van der Waals surface area contributed by atoms with E-state index in [9.17, 15) is 0 Å². The Hall–Kier alpha value is -1.13. The molecule has 0 radical (unpaired) electrons. The van der Waals surface area contributed by atoms with Gasteiger partial charge in [0, 0.05) is 31.2 Å². The molecular formula is C10H15N3O. The van der Waals surface area contributed by atoms with Gasteiger partial charge in [0.1, 0.15) is 0 Å². The highest BCUT2D eigenvalue weighted by molar-refractivity contribution is 5.46. The zero-order valence-corrected chi connectivity index (χ0v) is 8.10. The van der Waals surface area contributed by atoms with Crippen LogP contribution in [0.25, 0.3) is 0 Å². The first-order valence-electron chi connectivity index (χ1n) is 4.86. The molecule has 1 aromatic rings. The lowest BCUT2D eigenvalue weighted by atomic mass is 10.2. The summed E-state index contributed by atoms with van der Waals surface area (Å²) in [6.45, 7) is 3.03. The molecule has 2 heterocycles. The monoisotopic (exact) mass is 193 g/mol. The van der Waals surface area contributed by atoms with Crippen LogP contribution in [0, 0.1) is 0 Å². The summed E-state index contributed by atoms with van der Waals surface area (Å²) in [5.41, 5.74) is 6.87. The number of ether oxygens (including phenoxy) is 1. The molecule has 4 nitrogen and oxygen atoms in total. The third kappa shape index (κ3) is 1.86. The number of rotatable bonds is 2. The number of hydrogen-bond acceptors (Lipinski definition) is 4. The molecular weight excluding hydrogens is 178 g/mol. The van der Waals surface area contributed by atoms with E-state index >= 15 is 0 Å². The second-order valence-corrected chi connectivity index (χ2v) is 3.36. The van der Waals surface area contributed by atoms with Crippen LogP contribution in [-0.2, 0) is 4.74 Å². The van der Waals surface area contributed by atoms with Crippen LogP contribution in [0.1, 0.15) is 0 Å². The molecule has 1 atom stereocenters. The van der Waals surface area contributed by atoms with E-state index in [2.05, 4.69) is 9.88 Å². The van der Waals surface area contributed by atoms with Crippen molar-refractivity contribution in [3.05, 3.63) is 24.5 Å². The van der Waals surface area contributed by atoms with Crippen molar-refractivity contribution in [2.45, 2.75) is 6.04 Å². The third-order valence-electron chi connectivity index (χ3n) is 2.49. The standard InChI is InChI=1S/C10H15N3O/c11-7-10-8-14-6-5-13(10)9-1-3-12-4-2-9/h1-4,10H,5-8,11H2. The first-order chi connectivity index (χ1) is 6.92. The van der Waals surface area contributed by atoms with E-state index in [0.717, 1.165) is 19.8 Å². The molecule has 0 bridgehead atoms. The molecule has 1 aliphatic heterocycles. The number of pyridine rings is 1. The van der Waals surface area contributed by atoms with Gasteiger partial charge in [-0.05, 0) is 12.1 Å². The van der Waals surface area contributed by atoms with Gasteiger partial charge in [-0.15, -0.1) is 0 Å². The van der Waals surface area contributed by atoms with Gasteiger partial charge in [-0.3, -0.25) is 4.98 Å². The van der Waals surface area contributed by atoms with Crippen molar-refractivity contribution in [1.29, 1.82) is 0 Å². The highest BCUT2D eigenvalue weighted by Crippen LogP contribution is 2.17. The summed E-state index contributed by atoms with van der Waals surface area (Å²) in [6.07, 6.45) is 3.61. The van der Waals surface area contributed by atoms with Crippen LogP contribution in [0.3, 0.4) is 0 Å². The predicted octanol–water partition coefficient (Wildman–Crippen LogP) is 0.245. The lowest BCUT2D eigenvalue weighted by Crippen LogP contribution is -2.49. The van der Waals surface area contributed by atoms with Gasteiger partial charge in [0.2, 0.25) is 0 Å². The van der Waals surface area contributed by atoms with Crippen molar-refractivity contribution < 1.29 is 4.74 Å². The molecule has 1 unspecified atom stereocenters. The fourth-order valence-electron chi connectivity index (χ4n) is 1.73. The smallest absolute Gasteiger partial charge is 0.0683 e. The van der Waals surface area contributed by atoms with Crippen LogP contribution in [0.15, 0.2) is 24.5 Å². The van der Waals surface area contributed by atoms with E-state index in [0.29, 0.717) is 12.6 Å². The predicted molar refractivity (Wildman–Crippen MR) is 55.2 cm³/mol. The Morgan fingerprint density at radius 2 is 2.29 bits per heavy atom. The molecule has 2 N–H and O–H groups in total. The van der Waals surface area contributed by atoms with Crippen molar-refractivity contribution in [3.8, 4) is 0 Å². The maximum absolute atomic E-state index is 5.69. The Kier molecular flexibility index (Phi) is 2.96. The molecule has 0 aliphatic carbocycles. The summed E-state index contributed by atoms with van der Waals surface area (Å²) in [6, 6.07) is 4.31. The first-order valence-corrected chi connectivity index (χ1v) is 4.86. The number of aromatic nitrogens is 1. The quantitative estimate of drug-likeness (QED) is 0.731. The molecule has 1 aromatic heterocycles. The lowest BCUT2D eigenvalue weighted by molar-refractivity contribution is 0.0962. The summed E-state index contributed by atoms with van der Waals surface area (Å²) in [4.78, 5) is 6.28. The van der Waals surface area contributed by atoms with Crippen LogP contribution in [0.2, 0.25) is 0 Å². The normalized spacial score (nSPS) is 22.4. The fourth-order valence-corrected chi connectivity index (χ4v) is 1.73. The zero-order chi connectivity index (χ0) is 9.80. The van der Waals surface area contributed by atoms with E-state index in [4.69, 9.17) is 10.5 Å². The Morgan fingerprint density at radius 3 is 3.00 bits per heavy atom. The molecule has 1 saturated heterocycles. The molecule has 1 fully saturated rings. The molecule has 0 spiro atoms. The Bertz CT molecular complexity index is 278. The minimum absolute atomic E-state index is 0.297. The van der Waals surface area contributed by atoms with E-state index in [1.54, 1.807) is 12.4 Å². The van der Waals surface area contributed by atoms with E-state index in [1.807, 2.05) is 12.1 Å². The van der Waals surface area contributed by atoms with Crippen LogP contribution >= 0.6 is 0 Å². The Balaban J connectivity index is 2.15. The van der Waals surface area contributed by atoms with Gasteiger partial charge in [0.25, 0.3) is 0 Å². The average molecular weight is 193 g/mol. The Morgan fingerprint density at radius 1 is 1.50 bits per heavy atom. The van der Waals surface area contributed by atoms with Gasteiger partial charge in [0.15, 0.2) is 0 Å². The molecule has 0 saturated carbocycles. The van der Waals surface area contributed by atoms with Crippen LogP contribution in [0.5, 0.6) is 0 Å². The van der Waals surface area contributed by atoms with Crippen LogP contribution < -0.4 is 10.6 Å². The van der Waals surface area contributed by atoms with Crippen molar-refractivity contribution in [2.75, 3.05) is 31.2 Å². The van der Waals surface area contributed by atoms with Crippen LogP contribution in [0.4, 0.5) is 5.69 Å². The second kappa shape index (κ2) is 4.39. The summed E-state index contributed by atoms with van der Waals surface area (Å²) in [5, 5.41) is 0. The van der Waals surface area contributed by atoms with E-state index < -0.39 is 0 Å². The van der Waals surface area contributed by atoms with Crippen molar-refractivity contribution in [3.63, 3.8) is 0 Å². The highest BCUT2D eigenvalue weighted by Gasteiger charge is 2.21. The molecule has 2 rings (SSSR count). The summed E-state index contributed by atoms with van der Waals surface area (Å²) >= 11 is 0. The largest absolute Gasteiger partial charge is 0.377 e. The van der Waals surface area contributed by atoms with Gasteiger partial charge in [-0.2, -0.15) is 0 Å². The van der Waals surface area contributed by atoms with Gasteiger partial charge in [-0.1, -0.05) is 0 Å². The summed E-state index contributed by atoms with van der Waals surface area (Å²) < 4.78 is 5.39. The second-order valence-electron chi connectivity index (χ2n) is 3.36. The summed E-state index contributed by atoms with van der Waals surface area (Å²) in [7, 11) is 0. The van der Waals surface area contributed by atoms with Crippen molar-refractivity contribution >= 4 is 5.69 Å².